The van der Waals surface area contributed by atoms with Crippen molar-refractivity contribution < 1.29 is 77.3 Å². The molecule has 0 aliphatic heterocycles. The molecule has 0 saturated carbocycles. The molecule has 0 heterocycles. The molecule has 11 heavy (non-hydrogen) atoms. The van der Waals surface area contributed by atoms with Gasteiger partial charge in [-0.05, 0) is 0 Å². The van der Waals surface area contributed by atoms with Gasteiger partial charge in [-0.25, -0.2) is 0 Å². The maximum atomic E-state index is 8.25. The Morgan fingerprint density at radius 2 is 0.636 bits per heavy atom. The van der Waals surface area contributed by atoms with Gasteiger partial charge >= 0.3 is 67.1 Å². The van der Waals surface area contributed by atoms with E-state index >= 15 is 0 Å². The van der Waals surface area contributed by atoms with E-state index < -0.39 is 10.2 Å². The zero-order valence-corrected chi connectivity index (χ0v) is 8.70. The Balaban J connectivity index is -0.0000000171. The summed E-state index contributed by atoms with van der Waals surface area (Å²) < 4.78 is 0. The van der Waals surface area contributed by atoms with E-state index in [-0.39, 0.29) is 67.1 Å². The fourth-order valence-corrected chi connectivity index (χ4v) is 0. The third-order valence-corrected chi connectivity index (χ3v) is 0. The van der Waals surface area contributed by atoms with Gasteiger partial charge in [0, 0.05) is 0 Å². The summed E-state index contributed by atoms with van der Waals surface area (Å²) >= 11 is 0. The third kappa shape index (κ3) is 2050. The Labute approximate surface area is 107 Å². The largest absolute Gasteiger partial charge is 1.00 e. The van der Waals surface area contributed by atoms with Gasteiger partial charge in [-0.15, -0.1) is 0 Å². The van der Waals surface area contributed by atoms with E-state index in [0.29, 0.717) is 0 Å². The Kier molecular flexibility index (Phi) is 61.0. The molecule has 0 saturated heterocycles. The van der Waals surface area contributed by atoms with Crippen LogP contribution in [0.15, 0.2) is 0 Å². The van der Waals surface area contributed by atoms with E-state index in [1.54, 1.807) is 0 Å². The van der Waals surface area contributed by atoms with Crippen molar-refractivity contribution >= 4 is 0 Å². The van der Waals surface area contributed by atoms with Crippen LogP contribution in [0.1, 0.15) is 0 Å². The summed E-state index contributed by atoms with van der Waals surface area (Å²) in [5, 5.41) is 29.5. The number of nitrogens with zero attached hydrogens (tertiary/aromatic N) is 2. The third-order valence-electron chi connectivity index (χ3n) is 0. The van der Waals surface area contributed by atoms with Gasteiger partial charge in [0.1, 0.15) is 0 Å². The van der Waals surface area contributed by atoms with Gasteiger partial charge in [-0.3, -0.25) is 0 Å². The van der Waals surface area contributed by atoms with Crippen LogP contribution in [0.5, 0.6) is 0 Å². The molecule has 0 aromatic carbocycles. The molecule has 0 aromatic rings. The predicted molar refractivity (Wildman–Crippen MR) is 20.7 cm³/mol. The van der Waals surface area contributed by atoms with Gasteiger partial charge in [0.25, 0.3) is 0 Å². The fourth-order valence-electron chi connectivity index (χ4n) is 0. The molecule has 0 aliphatic rings. The predicted octanol–water partition coefficient (Wildman–Crippen LogP) is -0.486. The van der Waals surface area contributed by atoms with Gasteiger partial charge in [0.15, 0.2) is 0 Å². The van der Waals surface area contributed by atoms with Gasteiger partial charge in [-0.1, -0.05) is 0 Å². The average Bonchev–Trinajstić information content (AvgIpc) is 1.25. The minimum absolute atomic E-state index is 0. The van der Waals surface area contributed by atoms with Crippen LogP contribution in [0, 0.1) is 30.6 Å². The Hall–Kier alpha value is 0.621. The number of hydrogen-bond donors (Lipinski definition) is 0. The zero-order chi connectivity index (χ0) is 7.15. The smallest absolute Gasteiger partial charge is 0.356 e. The van der Waals surface area contributed by atoms with Crippen molar-refractivity contribution in [3.05, 3.63) is 30.6 Å². The van der Waals surface area contributed by atoms with E-state index in [0.717, 1.165) is 0 Å². The van der Waals surface area contributed by atoms with Crippen molar-refractivity contribution in [3.63, 3.8) is 0 Å². The molecule has 0 fully saturated rings. The SMILES string of the molecule is O=[N+]([O-])[O-].O=[N+]([O-])[O-].[Ag+].[Ag+].[Ag+]. The molecule has 0 bridgehead atoms. The van der Waals surface area contributed by atoms with E-state index in [9.17, 15) is 0 Å². The molecule has 0 spiro atoms. The van der Waals surface area contributed by atoms with Crippen LogP contribution in [0.25, 0.3) is 0 Å². The first-order chi connectivity index (χ1) is 3.46. The number of hydrogen-bond acceptors (Lipinski definition) is 6. The molecule has 0 atom stereocenters. The topological polar surface area (TPSA) is 132 Å². The second-order valence-electron chi connectivity index (χ2n) is 0.447. The van der Waals surface area contributed by atoms with E-state index in [2.05, 4.69) is 0 Å². The van der Waals surface area contributed by atoms with E-state index in [1.165, 1.54) is 0 Å². The Morgan fingerprint density at radius 1 is 0.636 bits per heavy atom. The first-order valence-corrected chi connectivity index (χ1v) is 1.10. The Morgan fingerprint density at radius 3 is 0.636 bits per heavy atom. The first kappa shape index (κ1) is 29.9. The second-order valence-corrected chi connectivity index (χ2v) is 0.447. The molecular weight excluding hydrogens is 448 g/mol. The van der Waals surface area contributed by atoms with Gasteiger partial charge in [0.2, 0.25) is 0 Å². The minimum atomic E-state index is -1.75. The van der Waals surface area contributed by atoms with Gasteiger partial charge in [0.05, 0.1) is 10.2 Å². The minimum Gasteiger partial charge on any atom is -0.356 e. The molecule has 0 radical (unpaired) electrons. The van der Waals surface area contributed by atoms with E-state index in [1.807, 2.05) is 0 Å². The maximum Gasteiger partial charge on any atom is 1.00 e. The van der Waals surface area contributed by atoms with Crippen LogP contribution in [-0.2, 0) is 67.1 Å². The first-order valence-electron chi connectivity index (χ1n) is 1.10. The summed E-state index contributed by atoms with van der Waals surface area (Å²) in [4.78, 5) is 16.5. The molecule has 0 aliphatic carbocycles. The second kappa shape index (κ2) is 22.4. The van der Waals surface area contributed by atoms with Crippen LogP contribution in [0.2, 0.25) is 0 Å². The van der Waals surface area contributed by atoms with Crippen molar-refractivity contribution in [2.75, 3.05) is 0 Å². The maximum absolute atomic E-state index is 8.25. The van der Waals surface area contributed by atoms with Gasteiger partial charge in [-0.2, -0.15) is 0 Å². The normalized spacial score (nSPS) is 4.36. The summed E-state index contributed by atoms with van der Waals surface area (Å²) in [6.07, 6.45) is 0. The average molecular weight is 448 g/mol. The molecule has 78 valence electrons. The molecule has 0 unspecified atom stereocenters. The fraction of sp³-hybridized carbons (Fsp3) is 0. The summed E-state index contributed by atoms with van der Waals surface area (Å²) in [5.41, 5.74) is 0. The zero-order valence-electron chi connectivity index (χ0n) is 4.25. The van der Waals surface area contributed by atoms with Crippen molar-refractivity contribution in [1.29, 1.82) is 0 Å². The van der Waals surface area contributed by atoms with Crippen molar-refractivity contribution in [2.45, 2.75) is 0 Å². The molecule has 0 amide bonds. The summed E-state index contributed by atoms with van der Waals surface area (Å²) in [5.74, 6) is 0. The van der Waals surface area contributed by atoms with Crippen molar-refractivity contribution in [2.24, 2.45) is 0 Å². The molecular formula is Ag3N2O6+. The molecule has 11 heteroatoms. The summed E-state index contributed by atoms with van der Waals surface area (Å²) in [6, 6.07) is 0. The van der Waals surface area contributed by atoms with Crippen LogP contribution in [-0.4, -0.2) is 10.2 Å². The molecule has 0 N–H and O–H groups in total. The van der Waals surface area contributed by atoms with Gasteiger partial charge < -0.3 is 30.6 Å². The summed E-state index contributed by atoms with van der Waals surface area (Å²) in [6.45, 7) is 0. The van der Waals surface area contributed by atoms with Crippen molar-refractivity contribution in [1.82, 2.24) is 0 Å². The summed E-state index contributed by atoms with van der Waals surface area (Å²) in [7, 11) is 0. The number of rotatable bonds is 0. The molecule has 0 rings (SSSR count). The standard InChI is InChI=1S/3Ag.2NO3/c;;;2*2-1(3)4/q3*+1;2*-1. The molecule has 0 aromatic heterocycles. The molecule has 8 nitrogen and oxygen atoms in total. The van der Waals surface area contributed by atoms with Crippen LogP contribution in [0.3, 0.4) is 0 Å². The quantitative estimate of drug-likeness (QED) is 0.280. The van der Waals surface area contributed by atoms with Crippen LogP contribution >= 0.6 is 0 Å². The van der Waals surface area contributed by atoms with E-state index in [4.69, 9.17) is 30.6 Å². The Bertz CT molecular complexity index is 73.8. The van der Waals surface area contributed by atoms with Crippen LogP contribution in [0.4, 0.5) is 0 Å². The monoisotopic (exact) mass is 445 g/mol. The van der Waals surface area contributed by atoms with Crippen molar-refractivity contribution in [3.8, 4) is 0 Å². The van der Waals surface area contributed by atoms with Crippen LogP contribution < -0.4 is 0 Å².